The van der Waals surface area contributed by atoms with Crippen LogP contribution in [0.5, 0.6) is 5.75 Å². The molecule has 3 heteroatoms. The van der Waals surface area contributed by atoms with Gasteiger partial charge < -0.3 is 9.15 Å². The first-order valence-electron chi connectivity index (χ1n) is 4.27. The third kappa shape index (κ3) is 1.21. The van der Waals surface area contributed by atoms with Crippen molar-refractivity contribution in [2.75, 3.05) is 7.11 Å². The second kappa shape index (κ2) is 3.43. The molecule has 0 saturated heterocycles. The van der Waals surface area contributed by atoms with Crippen LogP contribution in [0.1, 0.15) is 5.56 Å². The first-order chi connectivity index (χ1) is 6.86. The molecule has 0 saturated carbocycles. The number of nitriles is 1. The minimum Gasteiger partial charge on any atom is -0.493 e. The van der Waals surface area contributed by atoms with Gasteiger partial charge in [0.15, 0.2) is 11.3 Å². The highest BCUT2D eigenvalue weighted by molar-refractivity contribution is 5.86. The summed E-state index contributed by atoms with van der Waals surface area (Å²) in [6.45, 7) is 0. The van der Waals surface area contributed by atoms with Crippen molar-refractivity contribution in [2.45, 2.75) is 6.42 Å². The first kappa shape index (κ1) is 8.64. The highest BCUT2D eigenvalue weighted by Gasteiger charge is 2.08. The van der Waals surface area contributed by atoms with Gasteiger partial charge in [-0.2, -0.15) is 5.26 Å². The fourth-order valence-corrected chi connectivity index (χ4v) is 1.49. The van der Waals surface area contributed by atoms with E-state index in [4.69, 9.17) is 14.4 Å². The molecule has 0 aliphatic heterocycles. The zero-order chi connectivity index (χ0) is 9.97. The summed E-state index contributed by atoms with van der Waals surface area (Å²) in [5.41, 5.74) is 1.68. The van der Waals surface area contributed by atoms with E-state index in [0.29, 0.717) is 17.8 Å². The molecule has 0 bridgehead atoms. The van der Waals surface area contributed by atoms with E-state index in [1.54, 1.807) is 13.4 Å². The summed E-state index contributed by atoms with van der Waals surface area (Å²) < 4.78 is 10.4. The second-order valence-corrected chi connectivity index (χ2v) is 2.93. The van der Waals surface area contributed by atoms with Crippen molar-refractivity contribution in [1.82, 2.24) is 0 Å². The number of hydrogen-bond donors (Lipinski definition) is 0. The molecule has 1 aromatic carbocycles. The summed E-state index contributed by atoms with van der Waals surface area (Å²) in [7, 11) is 1.60. The Bertz CT molecular complexity index is 493. The molecule has 1 heterocycles. The van der Waals surface area contributed by atoms with Crippen LogP contribution in [-0.2, 0) is 6.42 Å². The summed E-state index contributed by atoms with van der Waals surface area (Å²) in [6.07, 6.45) is 1.99. The van der Waals surface area contributed by atoms with E-state index in [0.717, 1.165) is 10.9 Å². The fourth-order valence-electron chi connectivity index (χ4n) is 1.49. The van der Waals surface area contributed by atoms with Crippen LogP contribution < -0.4 is 4.74 Å². The molecular formula is C11H9NO2. The lowest BCUT2D eigenvalue weighted by atomic mass is 10.1. The topological polar surface area (TPSA) is 46.2 Å². The zero-order valence-corrected chi connectivity index (χ0v) is 7.78. The van der Waals surface area contributed by atoms with Gasteiger partial charge in [0.1, 0.15) is 0 Å². The quantitative estimate of drug-likeness (QED) is 0.725. The third-order valence-corrected chi connectivity index (χ3v) is 2.16. The van der Waals surface area contributed by atoms with Crippen LogP contribution in [0, 0.1) is 11.3 Å². The summed E-state index contributed by atoms with van der Waals surface area (Å²) in [5, 5.41) is 9.58. The highest BCUT2D eigenvalue weighted by atomic mass is 16.5. The Morgan fingerprint density at radius 2 is 2.29 bits per heavy atom. The lowest BCUT2D eigenvalue weighted by Crippen LogP contribution is -1.87. The minimum absolute atomic E-state index is 0.389. The van der Waals surface area contributed by atoms with Gasteiger partial charge in [0.25, 0.3) is 0 Å². The van der Waals surface area contributed by atoms with Crippen molar-refractivity contribution >= 4 is 11.0 Å². The van der Waals surface area contributed by atoms with E-state index in [9.17, 15) is 0 Å². The number of furan rings is 1. The molecule has 1 aromatic heterocycles. The molecule has 14 heavy (non-hydrogen) atoms. The standard InChI is InChI=1S/C11H9NO2/c1-13-10-3-2-8(4-6-12)9-5-7-14-11(9)10/h2-3,5,7H,4H2,1H3. The molecule has 70 valence electrons. The Kier molecular flexibility index (Phi) is 2.11. The predicted molar refractivity (Wildman–Crippen MR) is 52.1 cm³/mol. The van der Waals surface area contributed by atoms with E-state index in [2.05, 4.69) is 6.07 Å². The Labute approximate surface area is 81.5 Å². The van der Waals surface area contributed by atoms with E-state index in [-0.39, 0.29) is 0 Å². The van der Waals surface area contributed by atoms with Crippen molar-refractivity contribution in [2.24, 2.45) is 0 Å². The van der Waals surface area contributed by atoms with E-state index >= 15 is 0 Å². The SMILES string of the molecule is COc1ccc(CC#N)c2ccoc12. The number of benzene rings is 1. The maximum absolute atomic E-state index is 8.63. The van der Waals surface area contributed by atoms with Gasteiger partial charge in [-0.25, -0.2) is 0 Å². The smallest absolute Gasteiger partial charge is 0.175 e. The largest absolute Gasteiger partial charge is 0.493 e. The molecule has 0 aliphatic rings. The molecular weight excluding hydrogens is 178 g/mol. The molecule has 0 unspecified atom stereocenters. The molecule has 0 spiro atoms. The lowest BCUT2D eigenvalue weighted by Gasteiger charge is -2.02. The van der Waals surface area contributed by atoms with Crippen LogP contribution in [0.15, 0.2) is 28.9 Å². The van der Waals surface area contributed by atoms with E-state index in [1.165, 1.54) is 0 Å². The molecule has 0 N–H and O–H groups in total. The molecule has 2 rings (SSSR count). The number of rotatable bonds is 2. The molecule has 0 atom stereocenters. The van der Waals surface area contributed by atoms with Gasteiger partial charge in [0, 0.05) is 5.39 Å². The summed E-state index contributed by atoms with van der Waals surface area (Å²) in [6, 6.07) is 7.68. The van der Waals surface area contributed by atoms with Crippen molar-refractivity contribution in [3.63, 3.8) is 0 Å². The van der Waals surface area contributed by atoms with Crippen LogP contribution in [0.2, 0.25) is 0 Å². The van der Waals surface area contributed by atoms with Gasteiger partial charge >= 0.3 is 0 Å². The van der Waals surface area contributed by atoms with Crippen LogP contribution >= 0.6 is 0 Å². The Morgan fingerprint density at radius 3 is 3.00 bits per heavy atom. The summed E-state index contributed by atoms with van der Waals surface area (Å²) >= 11 is 0. The van der Waals surface area contributed by atoms with Gasteiger partial charge in [0.2, 0.25) is 0 Å². The first-order valence-corrected chi connectivity index (χ1v) is 4.27. The van der Waals surface area contributed by atoms with E-state index in [1.807, 2.05) is 18.2 Å². The molecule has 3 nitrogen and oxygen atoms in total. The van der Waals surface area contributed by atoms with Crippen molar-refractivity contribution in [3.05, 3.63) is 30.0 Å². The summed E-state index contributed by atoms with van der Waals surface area (Å²) in [4.78, 5) is 0. The van der Waals surface area contributed by atoms with Gasteiger partial charge in [-0.1, -0.05) is 6.07 Å². The normalized spacial score (nSPS) is 10.0. The van der Waals surface area contributed by atoms with Gasteiger partial charge in [0.05, 0.1) is 25.9 Å². The van der Waals surface area contributed by atoms with Gasteiger partial charge in [-0.3, -0.25) is 0 Å². The average molecular weight is 187 g/mol. The highest BCUT2D eigenvalue weighted by Crippen LogP contribution is 2.29. The third-order valence-electron chi connectivity index (χ3n) is 2.16. The number of methoxy groups -OCH3 is 1. The van der Waals surface area contributed by atoms with Gasteiger partial charge in [-0.15, -0.1) is 0 Å². The molecule has 0 fully saturated rings. The average Bonchev–Trinajstić information content (AvgIpc) is 2.67. The number of hydrogen-bond acceptors (Lipinski definition) is 3. The predicted octanol–water partition coefficient (Wildman–Crippen LogP) is 2.51. The number of nitrogens with zero attached hydrogens (tertiary/aromatic N) is 1. The number of fused-ring (bicyclic) bond motifs is 1. The maximum atomic E-state index is 8.63. The van der Waals surface area contributed by atoms with Crippen LogP contribution in [0.25, 0.3) is 11.0 Å². The maximum Gasteiger partial charge on any atom is 0.175 e. The monoisotopic (exact) mass is 187 g/mol. The number of ether oxygens (including phenoxy) is 1. The minimum atomic E-state index is 0.389. The van der Waals surface area contributed by atoms with Crippen LogP contribution in [-0.4, -0.2) is 7.11 Å². The van der Waals surface area contributed by atoms with Crippen LogP contribution in [0.3, 0.4) is 0 Å². The summed E-state index contributed by atoms with van der Waals surface area (Å²) in [5.74, 6) is 0.701. The molecule has 2 aromatic rings. The fraction of sp³-hybridized carbons (Fsp3) is 0.182. The molecule has 0 aliphatic carbocycles. The zero-order valence-electron chi connectivity index (χ0n) is 7.78. The second-order valence-electron chi connectivity index (χ2n) is 2.93. The Hall–Kier alpha value is -1.95. The van der Waals surface area contributed by atoms with Crippen molar-refractivity contribution < 1.29 is 9.15 Å². The van der Waals surface area contributed by atoms with Crippen molar-refractivity contribution in [3.8, 4) is 11.8 Å². The van der Waals surface area contributed by atoms with E-state index < -0.39 is 0 Å². The Balaban J connectivity index is 2.67. The molecule has 0 amide bonds. The van der Waals surface area contributed by atoms with Crippen LogP contribution in [0.4, 0.5) is 0 Å². The lowest BCUT2D eigenvalue weighted by molar-refractivity contribution is 0.410. The van der Waals surface area contributed by atoms with Crippen molar-refractivity contribution in [1.29, 1.82) is 5.26 Å². The Morgan fingerprint density at radius 1 is 1.43 bits per heavy atom. The van der Waals surface area contributed by atoms with Gasteiger partial charge in [-0.05, 0) is 17.7 Å². The molecule has 0 radical (unpaired) electrons.